The molecule has 0 atom stereocenters. The quantitative estimate of drug-likeness (QED) is 0.437. The van der Waals surface area contributed by atoms with E-state index in [0.29, 0.717) is 0 Å². The fraction of sp³-hybridized carbons (Fsp3) is 0.455. The Labute approximate surface area is 94.7 Å². The van der Waals surface area contributed by atoms with Gasteiger partial charge in [-0.05, 0) is 42.5 Å². The maximum Gasteiger partial charge on any atom is 0.124 e. The Balaban J connectivity index is 2.18. The molecular weight excluding hydrogens is 215 g/mol. The van der Waals surface area contributed by atoms with Gasteiger partial charge in [-0.1, -0.05) is 12.5 Å². The van der Waals surface area contributed by atoms with E-state index in [9.17, 15) is 4.39 Å². The van der Waals surface area contributed by atoms with E-state index in [1.807, 2.05) is 6.07 Å². The highest BCUT2D eigenvalue weighted by atomic mass is 32.2. The number of rotatable bonds is 6. The Hall–Kier alpha value is -0.150. The second kappa shape index (κ2) is 7.18. The summed E-state index contributed by atoms with van der Waals surface area (Å²) in [6.07, 6.45) is 3.57. The molecule has 0 unspecified atom stereocenters. The molecule has 0 heterocycles. The van der Waals surface area contributed by atoms with E-state index in [-0.39, 0.29) is 5.82 Å². The Bertz CT molecular complexity index is 263. The maximum atomic E-state index is 12.8. The molecule has 0 fully saturated rings. The molecule has 1 aromatic rings. The number of halogens is 1. The van der Waals surface area contributed by atoms with Crippen molar-refractivity contribution in [1.82, 2.24) is 0 Å². The lowest BCUT2D eigenvalue weighted by Crippen LogP contribution is -1.83. The molecule has 0 bridgehead atoms. The number of hydrogen-bond donors (Lipinski definition) is 1. The van der Waals surface area contributed by atoms with Crippen LogP contribution in [-0.4, -0.2) is 11.5 Å². The van der Waals surface area contributed by atoms with Crippen LogP contribution in [0.2, 0.25) is 0 Å². The van der Waals surface area contributed by atoms with Crippen molar-refractivity contribution < 1.29 is 4.39 Å². The van der Waals surface area contributed by atoms with Crippen molar-refractivity contribution in [3.8, 4) is 0 Å². The minimum absolute atomic E-state index is 0.148. The first-order valence-electron chi connectivity index (χ1n) is 4.82. The first kappa shape index (κ1) is 11.9. The van der Waals surface area contributed by atoms with Gasteiger partial charge >= 0.3 is 0 Å². The Morgan fingerprint density at radius 2 is 2.07 bits per heavy atom. The van der Waals surface area contributed by atoms with E-state index in [4.69, 9.17) is 0 Å². The Kier molecular flexibility index (Phi) is 6.12. The van der Waals surface area contributed by atoms with E-state index >= 15 is 0 Å². The topological polar surface area (TPSA) is 0 Å². The average Bonchev–Trinajstić information content (AvgIpc) is 2.18. The normalized spacial score (nSPS) is 10.4. The van der Waals surface area contributed by atoms with Gasteiger partial charge < -0.3 is 0 Å². The predicted molar refractivity (Wildman–Crippen MR) is 64.8 cm³/mol. The third-order valence-electron chi connectivity index (χ3n) is 1.87. The molecule has 0 N–H and O–H groups in total. The van der Waals surface area contributed by atoms with Crippen molar-refractivity contribution >= 4 is 24.4 Å². The third kappa shape index (κ3) is 4.91. The van der Waals surface area contributed by atoms with Gasteiger partial charge in [0.15, 0.2) is 0 Å². The summed E-state index contributed by atoms with van der Waals surface area (Å²) >= 11 is 5.87. The molecule has 0 aliphatic heterocycles. The zero-order valence-electron chi connectivity index (χ0n) is 8.08. The highest BCUT2D eigenvalue weighted by Crippen LogP contribution is 2.20. The molecule has 0 saturated carbocycles. The lowest BCUT2D eigenvalue weighted by atomic mass is 10.3. The van der Waals surface area contributed by atoms with Crippen LogP contribution < -0.4 is 0 Å². The molecule has 0 saturated heterocycles. The van der Waals surface area contributed by atoms with E-state index in [1.54, 1.807) is 23.9 Å². The number of thiol groups is 1. The van der Waals surface area contributed by atoms with Crippen molar-refractivity contribution in [2.24, 2.45) is 0 Å². The third-order valence-corrected chi connectivity index (χ3v) is 3.26. The van der Waals surface area contributed by atoms with Gasteiger partial charge in [-0.3, -0.25) is 0 Å². The summed E-state index contributed by atoms with van der Waals surface area (Å²) in [5, 5.41) is 0. The molecule has 78 valence electrons. The van der Waals surface area contributed by atoms with Crippen LogP contribution in [0.4, 0.5) is 4.39 Å². The van der Waals surface area contributed by atoms with Gasteiger partial charge in [-0.2, -0.15) is 12.6 Å². The van der Waals surface area contributed by atoms with Crippen LogP contribution in [0.3, 0.4) is 0 Å². The van der Waals surface area contributed by atoms with Crippen molar-refractivity contribution in [3.63, 3.8) is 0 Å². The lowest BCUT2D eigenvalue weighted by Gasteiger charge is -2.01. The fourth-order valence-corrected chi connectivity index (χ4v) is 2.32. The number of thioether (sulfide) groups is 1. The second-order valence-electron chi connectivity index (χ2n) is 3.09. The molecule has 14 heavy (non-hydrogen) atoms. The van der Waals surface area contributed by atoms with E-state index in [2.05, 4.69) is 12.6 Å². The molecule has 0 aliphatic rings. The molecule has 3 heteroatoms. The summed E-state index contributed by atoms with van der Waals surface area (Å²) in [7, 11) is 0. The maximum absolute atomic E-state index is 12.8. The van der Waals surface area contributed by atoms with E-state index < -0.39 is 0 Å². The summed E-state index contributed by atoms with van der Waals surface area (Å²) in [5.41, 5.74) is 0. The van der Waals surface area contributed by atoms with E-state index in [1.165, 1.54) is 25.3 Å². The standard InChI is InChI=1S/C11H15FS2/c12-10-5-4-6-11(9-10)14-8-3-1-2-7-13/h4-6,9,13H,1-3,7-8H2. The summed E-state index contributed by atoms with van der Waals surface area (Å²) in [5.74, 6) is 1.88. The fourth-order valence-electron chi connectivity index (χ4n) is 1.14. The highest BCUT2D eigenvalue weighted by Gasteiger charge is 1.95. The van der Waals surface area contributed by atoms with Crippen LogP contribution in [0, 0.1) is 5.82 Å². The molecule has 1 rings (SSSR count). The number of unbranched alkanes of at least 4 members (excludes halogenated alkanes) is 2. The lowest BCUT2D eigenvalue weighted by molar-refractivity contribution is 0.624. The van der Waals surface area contributed by atoms with Crippen molar-refractivity contribution in [3.05, 3.63) is 30.1 Å². The summed E-state index contributed by atoms with van der Waals surface area (Å²) in [4.78, 5) is 1.02. The minimum atomic E-state index is -0.148. The first-order valence-corrected chi connectivity index (χ1v) is 6.44. The smallest absolute Gasteiger partial charge is 0.124 e. The second-order valence-corrected chi connectivity index (χ2v) is 4.71. The van der Waals surface area contributed by atoms with Crippen molar-refractivity contribution in [2.45, 2.75) is 24.2 Å². The average molecular weight is 230 g/mol. The molecule has 0 spiro atoms. The van der Waals surface area contributed by atoms with Gasteiger partial charge in [-0.25, -0.2) is 4.39 Å². The summed E-state index contributed by atoms with van der Waals surface area (Å²) in [6, 6.07) is 6.77. The Morgan fingerprint density at radius 1 is 1.21 bits per heavy atom. The van der Waals surface area contributed by atoms with Crippen LogP contribution in [0.5, 0.6) is 0 Å². The van der Waals surface area contributed by atoms with Gasteiger partial charge in [0.2, 0.25) is 0 Å². The number of benzene rings is 1. The molecule has 0 amide bonds. The molecule has 0 aromatic heterocycles. The van der Waals surface area contributed by atoms with Gasteiger partial charge in [0.1, 0.15) is 5.82 Å². The highest BCUT2D eigenvalue weighted by molar-refractivity contribution is 7.99. The van der Waals surface area contributed by atoms with Gasteiger partial charge in [0, 0.05) is 4.90 Å². The van der Waals surface area contributed by atoms with E-state index in [0.717, 1.165) is 16.4 Å². The molecule has 0 radical (unpaired) electrons. The predicted octanol–water partition coefficient (Wildman–Crippen LogP) is 4.02. The number of hydrogen-bond acceptors (Lipinski definition) is 2. The van der Waals surface area contributed by atoms with Crippen molar-refractivity contribution in [1.29, 1.82) is 0 Å². The molecule has 0 aliphatic carbocycles. The van der Waals surface area contributed by atoms with Crippen LogP contribution in [0.25, 0.3) is 0 Å². The molecule has 0 nitrogen and oxygen atoms in total. The van der Waals surface area contributed by atoms with Crippen LogP contribution >= 0.6 is 24.4 Å². The van der Waals surface area contributed by atoms with Crippen molar-refractivity contribution in [2.75, 3.05) is 11.5 Å². The monoisotopic (exact) mass is 230 g/mol. The minimum Gasteiger partial charge on any atom is -0.207 e. The van der Waals surface area contributed by atoms with Crippen LogP contribution in [0.1, 0.15) is 19.3 Å². The Morgan fingerprint density at radius 3 is 2.79 bits per heavy atom. The zero-order chi connectivity index (χ0) is 10.2. The largest absolute Gasteiger partial charge is 0.207 e. The SMILES string of the molecule is Fc1cccc(SCCCCCS)c1. The molecule has 1 aromatic carbocycles. The zero-order valence-corrected chi connectivity index (χ0v) is 9.79. The first-order chi connectivity index (χ1) is 6.83. The summed E-state index contributed by atoms with van der Waals surface area (Å²) in [6.45, 7) is 0. The van der Waals surface area contributed by atoms with Crippen LogP contribution in [0.15, 0.2) is 29.2 Å². The molecular formula is C11H15FS2. The van der Waals surface area contributed by atoms with Crippen LogP contribution in [-0.2, 0) is 0 Å². The van der Waals surface area contributed by atoms with Gasteiger partial charge in [0.25, 0.3) is 0 Å². The summed E-state index contributed by atoms with van der Waals surface area (Å²) < 4.78 is 12.8. The van der Waals surface area contributed by atoms with Gasteiger partial charge in [-0.15, -0.1) is 11.8 Å². The van der Waals surface area contributed by atoms with Gasteiger partial charge in [0.05, 0.1) is 0 Å².